The van der Waals surface area contributed by atoms with Gasteiger partial charge in [0.05, 0.1) is 11.4 Å². The third kappa shape index (κ3) is 6.09. The lowest BCUT2D eigenvalue weighted by molar-refractivity contribution is 0.475. The molecule has 0 atom stereocenters. The topological polar surface area (TPSA) is 174 Å². The molecule has 0 bridgehead atoms. The highest BCUT2D eigenvalue weighted by molar-refractivity contribution is 6.04. The molecule has 0 saturated heterocycles. The van der Waals surface area contributed by atoms with E-state index >= 15 is 0 Å². The van der Waals surface area contributed by atoms with Crippen molar-refractivity contribution in [3.63, 3.8) is 0 Å². The van der Waals surface area contributed by atoms with Crippen LogP contribution in [0.4, 0.5) is 0 Å². The van der Waals surface area contributed by atoms with Crippen molar-refractivity contribution < 1.29 is 5.11 Å². The second-order valence-electron chi connectivity index (χ2n) is 4.19. The average molecular weight is 327 g/mol. The predicted octanol–water partition coefficient (Wildman–Crippen LogP) is -0.191. The Morgan fingerprint density at radius 1 is 0.773 bits per heavy atom. The van der Waals surface area contributed by atoms with Crippen LogP contribution in [0.25, 0.3) is 0 Å². The van der Waals surface area contributed by atoms with Crippen LogP contribution in [0.3, 0.4) is 0 Å². The van der Waals surface area contributed by atoms with Gasteiger partial charge in [0.15, 0.2) is 0 Å². The molecule has 10 heteroatoms. The molecule has 1 aromatic carbocycles. The first-order valence-corrected chi connectivity index (χ1v) is 5.90. The van der Waals surface area contributed by atoms with E-state index in [1.807, 2.05) is 0 Å². The van der Waals surface area contributed by atoms with Crippen LogP contribution in [-0.2, 0) is 0 Å². The SMILES string of the molecule is C/C(=N\N=C(N)N)c1cc(O)cc(/C(C)=N/N=C(N)N)c1.Cl. The molecule has 0 aliphatic heterocycles. The number of phenolic OH excluding ortho intramolecular Hbond substituents is 1. The molecule has 0 saturated carbocycles. The minimum atomic E-state index is -0.153. The Morgan fingerprint density at radius 2 is 1.14 bits per heavy atom. The molecule has 0 unspecified atom stereocenters. The fourth-order valence-corrected chi connectivity index (χ4v) is 1.41. The van der Waals surface area contributed by atoms with Crippen LogP contribution < -0.4 is 22.9 Å². The normalized spacial score (nSPS) is 11.4. The van der Waals surface area contributed by atoms with Crippen LogP contribution in [0.2, 0.25) is 0 Å². The molecular formula is C12H19ClN8O. The molecule has 0 amide bonds. The first-order chi connectivity index (χ1) is 9.79. The number of halogens is 1. The standard InChI is InChI=1S/C12H18N8O.ClH/c1-6(17-19-11(13)14)8-3-9(5-10(21)4-8)7(2)18-20-12(15)16;/h3-5,21H,1-2H3,(H4,13,14,19)(H4,15,16,20);1H/b17-6+,18-7+;. The van der Waals surface area contributed by atoms with E-state index in [-0.39, 0.29) is 30.1 Å². The van der Waals surface area contributed by atoms with Gasteiger partial charge in [-0.25, -0.2) is 0 Å². The van der Waals surface area contributed by atoms with Gasteiger partial charge in [0, 0.05) is 11.1 Å². The van der Waals surface area contributed by atoms with Gasteiger partial charge in [0.2, 0.25) is 11.9 Å². The summed E-state index contributed by atoms with van der Waals surface area (Å²) in [6, 6.07) is 4.80. The number of benzene rings is 1. The van der Waals surface area contributed by atoms with Gasteiger partial charge in [-0.15, -0.1) is 22.6 Å². The third-order valence-corrected chi connectivity index (χ3v) is 2.38. The molecule has 0 aliphatic rings. The minimum Gasteiger partial charge on any atom is -0.508 e. The Hall–Kier alpha value is -2.81. The number of phenols is 1. The summed E-state index contributed by atoms with van der Waals surface area (Å²) in [5.74, 6) is -0.263. The van der Waals surface area contributed by atoms with Crippen molar-refractivity contribution in [2.24, 2.45) is 43.3 Å². The van der Waals surface area contributed by atoms with Crippen molar-refractivity contribution in [1.82, 2.24) is 0 Å². The summed E-state index contributed by atoms with van der Waals surface area (Å²) in [7, 11) is 0. The molecule has 9 nitrogen and oxygen atoms in total. The lowest BCUT2D eigenvalue weighted by Crippen LogP contribution is -2.22. The zero-order chi connectivity index (χ0) is 16.0. The van der Waals surface area contributed by atoms with Gasteiger partial charge >= 0.3 is 0 Å². The highest BCUT2D eigenvalue weighted by Crippen LogP contribution is 2.17. The third-order valence-electron chi connectivity index (χ3n) is 2.38. The van der Waals surface area contributed by atoms with E-state index in [2.05, 4.69) is 20.4 Å². The van der Waals surface area contributed by atoms with Gasteiger partial charge in [-0.1, -0.05) is 0 Å². The number of nitrogens with two attached hydrogens (primary N) is 4. The van der Waals surface area contributed by atoms with Gasteiger partial charge in [-0.3, -0.25) is 0 Å². The van der Waals surface area contributed by atoms with Crippen LogP contribution in [0.15, 0.2) is 38.6 Å². The largest absolute Gasteiger partial charge is 0.508 e. The summed E-state index contributed by atoms with van der Waals surface area (Å²) >= 11 is 0. The molecular weight excluding hydrogens is 308 g/mol. The van der Waals surface area contributed by atoms with Gasteiger partial charge < -0.3 is 28.0 Å². The smallest absolute Gasteiger partial charge is 0.211 e. The molecule has 0 radical (unpaired) electrons. The van der Waals surface area contributed by atoms with Crippen LogP contribution in [0.1, 0.15) is 25.0 Å². The van der Waals surface area contributed by atoms with Crippen molar-refractivity contribution in [3.05, 3.63) is 29.3 Å². The number of hydrogen-bond donors (Lipinski definition) is 5. The molecule has 0 fully saturated rings. The molecule has 0 spiro atoms. The average Bonchev–Trinajstić information content (AvgIpc) is 2.41. The summed E-state index contributed by atoms with van der Waals surface area (Å²) < 4.78 is 0. The molecule has 0 aliphatic carbocycles. The van der Waals surface area contributed by atoms with Gasteiger partial charge in [0.25, 0.3) is 0 Å². The molecule has 120 valence electrons. The lowest BCUT2D eigenvalue weighted by Gasteiger charge is -2.05. The Bertz CT molecular complexity index is 590. The van der Waals surface area contributed by atoms with Gasteiger partial charge in [-0.2, -0.15) is 10.2 Å². The number of aromatic hydroxyl groups is 1. The first kappa shape index (κ1) is 19.2. The maximum absolute atomic E-state index is 9.77. The number of guanidine groups is 2. The van der Waals surface area contributed by atoms with Crippen LogP contribution in [-0.4, -0.2) is 28.4 Å². The lowest BCUT2D eigenvalue weighted by atomic mass is 10.0. The van der Waals surface area contributed by atoms with E-state index in [1.165, 1.54) is 12.1 Å². The molecule has 1 aromatic rings. The Morgan fingerprint density at radius 3 is 1.45 bits per heavy atom. The van der Waals surface area contributed by atoms with E-state index < -0.39 is 0 Å². The van der Waals surface area contributed by atoms with Crippen LogP contribution >= 0.6 is 12.4 Å². The highest BCUT2D eigenvalue weighted by atomic mass is 35.5. The second kappa shape index (κ2) is 8.47. The quantitative estimate of drug-likeness (QED) is 0.292. The Kier molecular flexibility index (Phi) is 7.39. The number of nitrogens with zero attached hydrogens (tertiary/aromatic N) is 4. The van der Waals surface area contributed by atoms with Crippen molar-refractivity contribution in [2.45, 2.75) is 13.8 Å². The van der Waals surface area contributed by atoms with Gasteiger partial charge in [0.1, 0.15) is 5.75 Å². The van der Waals surface area contributed by atoms with Crippen LogP contribution in [0.5, 0.6) is 5.75 Å². The molecule has 0 aromatic heterocycles. The monoisotopic (exact) mass is 326 g/mol. The summed E-state index contributed by atoms with van der Waals surface area (Å²) in [6.07, 6.45) is 0. The van der Waals surface area contributed by atoms with Gasteiger partial charge in [-0.05, 0) is 32.0 Å². The Labute approximate surface area is 133 Å². The minimum absolute atomic E-state index is 0. The fourth-order valence-electron chi connectivity index (χ4n) is 1.41. The number of hydrogen-bond acceptors (Lipinski definition) is 5. The second-order valence-corrected chi connectivity index (χ2v) is 4.19. The van der Waals surface area contributed by atoms with E-state index in [0.717, 1.165) is 0 Å². The molecule has 0 heterocycles. The van der Waals surface area contributed by atoms with E-state index in [4.69, 9.17) is 22.9 Å². The predicted molar refractivity (Wildman–Crippen MR) is 91.4 cm³/mol. The van der Waals surface area contributed by atoms with Crippen molar-refractivity contribution in [1.29, 1.82) is 0 Å². The highest BCUT2D eigenvalue weighted by Gasteiger charge is 2.06. The molecule has 1 rings (SSSR count). The van der Waals surface area contributed by atoms with E-state index in [1.54, 1.807) is 19.9 Å². The van der Waals surface area contributed by atoms with E-state index in [9.17, 15) is 5.11 Å². The summed E-state index contributed by atoms with van der Waals surface area (Å²) in [5, 5.41) is 24.6. The summed E-state index contributed by atoms with van der Waals surface area (Å²) in [4.78, 5) is 0. The number of rotatable bonds is 4. The van der Waals surface area contributed by atoms with Crippen LogP contribution in [0, 0.1) is 0 Å². The zero-order valence-electron chi connectivity index (χ0n) is 12.2. The van der Waals surface area contributed by atoms with Crippen molar-refractivity contribution in [3.8, 4) is 5.75 Å². The van der Waals surface area contributed by atoms with E-state index in [0.29, 0.717) is 22.6 Å². The maximum Gasteiger partial charge on any atom is 0.211 e. The Balaban J connectivity index is 0.00000441. The van der Waals surface area contributed by atoms with Crippen molar-refractivity contribution >= 4 is 35.7 Å². The summed E-state index contributed by atoms with van der Waals surface area (Å²) in [5.41, 5.74) is 23.1. The fraction of sp³-hybridized carbons (Fsp3) is 0.167. The molecule has 9 N–H and O–H groups in total. The molecule has 22 heavy (non-hydrogen) atoms. The van der Waals surface area contributed by atoms with Crippen molar-refractivity contribution in [2.75, 3.05) is 0 Å². The maximum atomic E-state index is 9.77. The first-order valence-electron chi connectivity index (χ1n) is 5.90. The summed E-state index contributed by atoms with van der Waals surface area (Å²) in [6.45, 7) is 3.40. The zero-order valence-corrected chi connectivity index (χ0v) is 13.0.